The summed E-state index contributed by atoms with van der Waals surface area (Å²) in [6, 6.07) is 4.42. The van der Waals surface area contributed by atoms with Gasteiger partial charge in [-0.3, -0.25) is 0 Å². The predicted octanol–water partition coefficient (Wildman–Crippen LogP) is 1.44. The van der Waals surface area contributed by atoms with Crippen LogP contribution >= 0.6 is 0 Å². The smallest absolute Gasteiger partial charge is 0.162 e. The molecule has 0 aliphatic rings. The Morgan fingerprint density at radius 3 is 2.80 bits per heavy atom. The van der Waals surface area contributed by atoms with E-state index in [0.29, 0.717) is 25.1 Å². The molecule has 0 unspecified atom stereocenters. The topological polar surface area (TPSA) is 38.0 Å². The third-order valence-electron chi connectivity index (χ3n) is 2.27. The fourth-order valence-electron chi connectivity index (χ4n) is 1.28. The quantitative estimate of drug-likeness (QED) is 0.778. The van der Waals surface area contributed by atoms with Gasteiger partial charge in [0.2, 0.25) is 0 Å². The van der Waals surface area contributed by atoms with Crippen LogP contribution in [0.2, 0.25) is 0 Å². The Morgan fingerprint density at radius 1 is 1.40 bits per heavy atom. The minimum Gasteiger partial charge on any atom is -0.329 e. The lowest BCUT2D eigenvalue weighted by Gasteiger charge is -2.11. The first kappa shape index (κ1) is 12.1. The molecule has 1 atom stereocenters. The van der Waals surface area contributed by atoms with Crippen LogP contribution in [0.1, 0.15) is 12.5 Å². The van der Waals surface area contributed by atoms with Crippen LogP contribution in [-0.2, 0) is 6.42 Å². The van der Waals surface area contributed by atoms with Crippen molar-refractivity contribution in [3.63, 3.8) is 0 Å². The molecule has 0 fully saturated rings. The van der Waals surface area contributed by atoms with E-state index in [1.807, 2.05) is 6.92 Å². The molecule has 3 N–H and O–H groups in total. The summed E-state index contributed by atoms with van der Waals surface area (Å²) in [6.07, 6.45) is 0.466. The molecule has 0 aromatic heterocycles. The molecule has 0 amide bonds. The van der Waals surface area contributed by atoms with Crippen LogP contribution in [0.15, 0.2) is 18.2 Å². The van der Waals surface area contributed by atoms with Crippen molar-refractivity contribution in [2.24, 2.45) is 5.73 Å². The number of nitrogens with one attached hydrogen (secondary N) is 1. The molecule has 0 radical (unpaired) electrons. The van der Waals surface area contributed by atoms with E-state index >= 15 is 0 Å². The highest BCUT2D eigenvalue weighted by Gasteiger charge is 2.07. The third kappa shape index (κ3) is 3.57. The zero-order chi connectivity index (χ0) is 11.3. The molecule has 0 aliphatic carbocycles. The molecule has 0 bridgehead atoms. The standard InChI is InChI=1S/C11H16F2N2/c1-8(7-14)15-6-5-9-3-2-4-10(12)11(9)13/h2-4,8,15H,5-7,14H2,1H3/t8-/m1/s1. The highest BCUT2D eigenvalue weighted by atomic mass is 19.2. The lowest BCUT2D eigenvalue weighted by Crippen LogP contribution is -2.34. The second-order valence-corrected chi connectivity index (χ2v) is 3.55. The van der Waals surface area contributed by atoms with E-state index in [-0.39, 0.29) is 6.04 Å². The summed E-state index contributed by atoms with van der Waals surface area (Å²) in [5.41, 5.74) is 5.80. The number of rotatable bonds is 5. The van der Waals surface area contributed by atoms with Gasteiger partial charge in [-0.1, -0.05) is 12.1 Å². The van der Waals surface area contributed by atoms with Gasteiger partial charge in [-0.2, -0.15) is 0 Å². The van der Waals surface area contributed by atoms with Gasteiger partial charge in [-0.15, -0.1) is 0 Å². The third-order valence-corrected chi connectivity index (χ3v) is 2.27. The van der Waals surface area contributed by atoms with E-state index in [0.717, 1.165) is 6.07 Å². The van der Waals surface area contributed by atoms with Crippen LogP contribution in [0.4, 0.5) is 8.78 Å². The van der Waals surface area contributed by atoms with E-state index in [9.17, 15) is 8.78 Å². The van der Waals surface area contributed by atoms with Crippen molar-refractivity contribution in [2.75, 3.05) is 13.1 Å². The Balaban J connectivity index is 2.47. The Labute approximate surface area is 88.5 Å². The summed E-state index contributed by atoms with van der Waals surface area (Å²) in [6.45, 7) is 3.08. The van der Waals surface area contributed by atoms with Gasteiger partial charge in [0.15, 0.2) is 11.6 Å². The Bertz CT molecular complexity index is 315. The van der Waals surface area contributed by atoms with Gasteiger partial charge in [0.05, 0.1) is 0 Å². The van der Waals surface area contributed by atoms with Gasteiger partial charge in [0.1, 0.15) is 0 Å². The molecular formula is C11H16F2N2. The van der Waals surface area contributed by atoms with Crippen molar-refractivity contribution in [3.05, 3.63) is 35.4 Å². The van der Waals surface area contributed by atoms with Gasteiger partial charge >= 0.3 is 0 Å². The number of benzene rings is 1. The van der Waals surface area contributed by atoms with Gasteiger partial charge in [0, 0.05) is 12.6 Å². The zero-order valence-corrected chi connectivity index (χ0v) is 8.76. The van der Waals surface area contributed by atoms with Crippen molar-refractivity contribution in [3.8, 4) is 0 Å². The molecule has 0 aliphatic heterocycles. The summed E-state index contributed by atoms with van der Waals surface area (Å²) in [5, 5.41) is 3.11. The first-order valence-corrected chi connectivity index (χ1v) is 5.01. The van der Waals surface area contributed by atoms with Crippen LogP contribution in [0.25, 0.3) is 0 Å². The average molecular weight is 214 g/mol. The Kier molecular flexibility index (Phi) is 4.65. The monoisotopic (exact) mass is 214 g/mol. The largest absolute Gasteiger partial charge is 0.329 e. The first-order chi connectivity index (χ1) is 7.15. The summed E-state index contributed by atoms with van der Waals surface area (Å²) in [5.74, 6) is -1.54. The van der Waals surface area contributed by atoms with E-state index in [2.05, 4.69) is 5.32 Å². The summed E-state index contributed by atoms with van der Waals surface area (Å²) >= 11 is 0. The van der Waals surface area contributed by atoms with Gasteiger partial charge in [0.25, 0.3) is 0 Å². The second-order valence-electron chi connectivity index (χ2n) is 3.55. The molecule has 1 rings (SSSR count). The van der Waals surface area contributed by atoms with E-state index < -0.39 is 11.6 Å². The van der Waals surface area contributed by atoms with Crippen LogP contribution < -0.4 is 11.1 Å². The Morgan fingerprint density at radius 2 is 2.13 bits per heavy atom. The number of nitrogens with two attached hydrogens (primary N) is 1. The fraction of sp³-hybridized carbons (Fsp3) is 0.455. The van der Waals surface area contributed by atoms with Crippen LogP contribution in [0, 0.1) is 11.6 Å². The summed E-state index contributed by atoms with van der Waals surface area (Å²) in [4.78, 5) is 0. The van der Waals surface area contributed by atoms with E-state index in [4.69, 9.17) is 5.73 Å². The highest BCUT2D eigenvalue weighted by Crippen LogP contribution is 2.11. The van der Waals surface area contributed by atoms with Crippen molar-refractivity contribution in [1.82, 2.24) is 5.32 Å². The minimum absolute atomic E-state index is 0.196. The molecule has 1 aromatic carbocycles. The Hall–Kier alpha value is -1.00. The molecule has 15 heavy (non-hydrogen) atoms. The molecule has 2 nitrogen and oxygen atoms in total. The van der Waals surface area contributed by atoms with E-state index in [1.54, 1.807) is 6.07 Å². The van der Waals surface area contributed by atoms with Gasteiger partial charge < -0.3 is 11.1 Å². The molecule has 84 valence electrons. The van der Waals surface area contributed by atoms with Crippen LogP contribution in [0.5, 0.6) is 0 Å². The molecule has 0 heterocycles. The predicted molar refractivity (Wildman–Crippen MR) is 56.6 cm³/mol. The normalized spacial score (nSPS) is 12.8. The first-order valence-electron chi connectivity index (χ1n) is 5.01. The summed E-state index contributed by atoms with van der Waals surface area (Å²) in [7, 11) is 0. The van der Waals surface area contributed by atoms with Crippen LogP contribution in [-0.4, -0.2) is 19.1 Å². The van der Waals surface area contributed by atoms with Crippen molar-refractivity contribution < 1.29 is 8.78 Å². The SMILES string of the molecule is C[C@H](CN)NCCc1cccc(F)c1F. The van der Waals surface area contributed by atoms with Crippen molar-refractivity contribution in [1.29, 1.82) is 0 Å². The molecule has 0 saturated carbocycles. The maximum atomic E-state index is 13.2. The molecular weight excluding hydrogens is 198 g/mol. The summed E-state index contributed by atoms with van der Waals surface area (Å²) < 4.78 is 26.0. The van der Waals surface area contributed by atoms with E-state index in [1.165, 1.54) is 6.07 Å². The zero-order valence-electron chi connectivity index (χ0n) is 8.76. The lowest BCUT2D eigenvalue weighted by atomic mass is 10.1. The molecule has 1 aromatic rings. The lowest BCUT2D eigenvalue weighted by molar-refractivity contribution is 0.492. The maximum Gasteiger partial charge on any atom is 0.162 e. The van der Waals surface area contributed by atoms with Crippen LogP contribution in [0.3, 0.4) is 0 Å². The number of hydrogen-bond acceptors (Lipinski definition) is 2. The molecule has 0 saturated heterocycles. The highest BCUT2D eigenvalue weighted by molar-refractivity contribution is 5.19. The molecule has 4 heteroatoms. The maximum absolute atomic E-state index is 13.2. The number of halogens is 2. The van der Waals surface area contributed by atoms with Gasteiger partial charge in [-0.05, 0) is 31.5 Å². The second kappa shape index (κ2) is 5.78. The van der Waals surface area contributed by atoms with Crippen molar-refractivity contribution in [2.45, 2.75) is 19.4 Å². The molecule has 0 spiro atoms. The fourth-order valence-corrected chi connectivity index (χ4v) is 1.28. The van der Waals surface area contributed by atoms with Crippen molar-refractivity contribution >= 4 is 0 Å². The number of hydrogen-bond donors (Lipinski definition) is 2. The van der Waals surface area contributed by atoms with Gasteiger partial charge in [-0.25, -0.2) is 8.78 Å². The average Bonchev–Trinajstić information content (AvgIpc) is 2.24. The minimum atomic E-state index is -0.792.